The summed E-state index contributed by atoms with van der Waals surface area (Å²) in [6.07, 6.45) is -3.46. The van der Waals surface area contributed by atoms with Crippen LogP contribution in [0.2, 0.25) is 0 Å². The van der Waals surface area contributed by atoms with Gasteiger partial charge in [0, 0.05) is 3.57 Å². The third kappa shape index (κ3) is 4.35. The topological polar surface area (TPSA) is 101 Å². The predicted octanol–water partition coefficient (Wildman–Crippen LogP) is 2.58. The van der Waals surface area contributed by atoms with Crippen molar-refractivity contribution < 1.29 is 40.8 Å². The summed E-state index contributed by atoms with van der Waals surface area (Å²) in [6, 6.07) is 2.69. The molecule has 0 aliphatic heterocycles. The van der Waals surface area contributed by atoms with Gasteiger partial charge in [0.2, 0.25) is 6.17 Å². The molecule has 0 saturated heterocycles. The summed E-state index contributed by atoms with van der Waals surface area (Å²) >= 11 is 3.52. The molecule has 0 aliphatic rings. The van der Waals surface area contributed by atoms with E-state index in [1.165, 1.54) is 12.1 Å². The highest BCUT2D eigenvalue weighted by Crippen LogP contribution is 2.30. The van der Waals surface area contributed by atoms with Gasteiger partial charge in [-0.2, -0.15) is 17.2 Å². The lowest BCUT2D eigenvalue weighted by atomic mass is 10.2. The molecule has 124 valence electrons. The smallest absolute Gasteiger partial charge is 0.403 e. The van der Waals surface area contributed by atoms with Crippen molar-refractivity contribution in [1.29, 1.82) is 0 Å². The molecule has 0 fully saturated rings. The molecular weight excluding hydrogens is 559 g/mol. The Kier molecular flexibility index (Phi) is 6.30. The van der Waals surface area contributed by atoms with Gasteiger partial charge in [-0.25, -0.2) is 9.18 Å². The molecule has 1 rings (SSSR count). The molecule has 0 saturated carbocycles. The van der Waals surface area contributed by atoms with Crippen molar-refractivity contribution in [2.24, 2.45) is 0 Å². The lowest BCUT2D eigenvalue weighted by molar-refractivity contribution is -0.0358. The summed E-state index contributed by atoms with van der Waals surface area (Å²) in [4.78, 5) is 11.6. The Morgan fingerprint density at radius 2 is 1.91 bits per heavy atom. The second-order valence-electron chi connectivity index (χ2n) is 3.89. The molecule has 22 heavy (non-hydrogen) atoms. The highest BCUT2D eigenvalue weighted by molar-refractivity contribution is 14.1. The normalized spacial score (nSPS) is 13.7. The zero-order valence-electron chi connectivity index (χ0n) is 10.3. The first-order valence-electron chi connectivity index (χ1n) is 5.22. The number of aromatic hydroxyl groups is 1. The summed E-state index contributed by atoms with van der Waals surface area (Å²) in [7, 11) is -5.99. The first kappa shape index (κ1) is 19.7. The molecule has 1 unspecified atom stereocenters. The second-order valence-corrected chi connectivity index (χ2v) is 7.79. The standard InChI is InChI=1S/C10H7F3I2O6S/c11-7(10(12,13)22(18,19)20)3-21-9(17)5-1-4(14)2-6(15)8(5)16/h1-2,7,16H,3H2,(H,18,19,20). The number of benzene rings is 1. The van der Waals surface area contributed by atoms with Crippen molar-refractivity contribution in [3.63, 3.8) is 0 Å². The van der Waals surface area contributed by atoms with Crippen LogP contribution in [-0.4, -0.2) is 42.1 Å². The molecule has 1 aromatic rings. The van der Waals surface area contributed by atoms with Crippen LogP contribution in [0.5, 0.6) is 5.75 Å². The quantitative estimate of drug-likeness (QED) is 0.323. The number of phenolic OH excluding ortho intramolecular Hbond substituents is 1. The Balaban J connectivity index is 2.88. The fraction of sp³-hybridized carbons (Fsp3) is 0.300. The van der Waals surface area contributed by atoms with Crippen LogP contribution in [0.4, 0.5) is 13.2 Å². The van der Waals surface area contributed by atoms with Gasteiger partial charge in [0.15, 0.2) is 0 Å². The molecular formula is C10H7F3I2O6S. The average molecular weight is 566 g/mol. The lowest BCUT2D eigenvalue weighted by Gasteiger charge is -2.17. The Bertz CT molecular complexity index is 694. The van der Waals surface area contributed by atoms with Crippen LogP contribution in [0, 0.1) is 7.14 Å². The van der Waals surface area contributed by atoms with E-state index in [0.29, 0.717) is 3.57 Å². The molecule has 0 spiro atoms. The number of ether oxygens (including phenoxy) is 1. The highest BCUT2D eigenvalue weighted by atomic mass is 127. The number of hydrogen-bond acceptors (Lipinski definition) is 5. The van der Waals surface area contributed by atoms with Crippen LogP contribution < -0.4 is 0 Å². The van der Waals surface area contributed by atoms with E-state index in [-0.39, 0.29) is 3.57 Å². The molecule has 0 amide bonds. The van der Waals surface area contributed by atoms with E-state index in [1.54, 1.807) is 22.6 Å². The van der Waals surface area contributed by atoms with Crippen LogP contribution in [0.25, 0.3) is 0 Å². The summed E-state index contributed by atoms with van der Waals surface area (Å²) in [5, 5.41) is 4.54. The first-order chi connectivity index (χ1) is 9.87. The molecule has 6 nitrogen and oxygen atoms in total. The monoisotopic (exact) mass is 566 g/mol. The zero-order chi connectivity index (χ0) is 17.3. The van der Waals surface area contributed by atoms with Gasteiger partial charge < -0.3 is 9.84 Å². The molecule has 0 radical (unpaired) electrons. The van der Waals surface area contributed by atoms with Crippen molar-refractivity contribution in [3.8, 4) is 5.75 Å². The van der Waals surface area contributed by atoms with Gasteiger partial charge in [-0.1, -0.05) is 0 Å². The van der Waals surface area contributed by atoms with Crippen LogP contribution in [0.1, 0.15) is 10.4 Å². The number of alkyl halides is 3. The maximum absolute atomic E-state index is 13.2. The fourth-order valence-electron chi connectivity index (χ4n) is 1.21. The van der Waals surface area contributed by atoms with Crippen molar-refractivity contribution in [2.45, 2.75) is 11.4 Å². The van der Waals surface area contributed by atoms with Gasteiger partial charge in [0.25, 0.3) is 0 Å². The van der Waals surface area contributed by atoms with E-state index in [0.717, 1.165) is 0 Å². The third-order valence-electron chi connectivity index (χ3n) is 2.32. The fourth-order valence-corrected chi connectivity index (χ4v) is 3.44. The molecule has 0 bridgehead atoms. The van der Waals surface area contributed by atoms with Gasteiger partial charge in [0.1, 0.15) is 17.9 Å². The minimum atomic E-state index is -5.99. The molecule has 1 aromatic carbocycles. The third-order valence-corrected chi connectivity index (χ3v) is 4.71. The number of halogens is 5. The summed E-state index contributed by atoms with van der Waals surface area (Å²) < 4.78 is 72.9. The van der Waals surface area contributed by atoms with Crippen LogP contribution in [0.15, 0.2) is 12.1 Å². The van der Waals surface area contributed by atoms with Crippen molar-refractivity contribution in [2.75, 3.05) is 6.61 Å². The predicted molar refractivity (Wildman–Crippen MR) is 85.2 cm³/mol. The van der Waals surface area contributed by atoms with E-state index in [4.69, 9.17) is 4.55 Å². The largest absolute Gasteiger partial charge is 0.506 e. The number of esters is 1. The number of carbonyl (C=O) groups is 1. The highest BCUT2D eigenvalue weighted by Gasteiger charge is 2.53. The molecule has 0 aromatic heterocycles. The molecule has 1 atom stereocenters. The number of phenols is 1. The summed E-state index contributed by atoms with van der Waals surface area (Å²) in [6.45, 7) is -1.62. The summed E-state index contributed by atoms with van der Waals surface area (Å²) in [5.41, 5.74) is -0.390. The van der Waals surface area contributed by atoms with Crippen LogP contribution in [0.3, 0.4) is 0 Å². The van der Waals surface area contributed by atoms with E-state index >= 15 is 0 Å². The minimum absolute atomic E-state index is 0.275. The van der Waals surface area contributed by atoms with E-state index in [2.05, 4.69) is 4.74 Å². The van der Waals surface area contributed by atoms with Crippen LogP contribution in [-0.2, 0) is 14.9 Å². The van der Waals surface area contributed by atoms with Gasteiger partial charge in [-0.3, -0.25) is 4.55 Å². The van der Waals surface area contributed by atoms with Gasteiger partial charge >= 0.3 is 21.3 Å². The summed E-state index contributed by atoms with van der Waals surface area (Å²) in [5.74, 6) is -1.80. The molecule has 0 heterocycles. The van der Waals surface area contributed by atoms with E-state index in [1.807, 2.05) is 22.6 Å². The van der Waals surface area contributed by atoms with Crippen LogP contribution >= 0.6 is 45.2 Å². The molecule has 0 aliphatic carbocycles. The second kappa shape index (κ2) is 7.04. The zero-order valence-corrected chi connectivity index (χ0v) is 15.4. The van der Waals surface area contributed by atoms with E-state index in [9.17, 15) is 31.5 Å². The number of rotatable bonds is 5. The minimum Gasteiger partial charge on any atom is -0.506 e. The number of hydrogen-bond donors (Lipinski definition) is 2. The van der Waals surface area contributed by atoms with Gasteiger partial charge in [-0.05, 0) is 57.3 Å². The van der Waals surface area contributed by atoms with E-state index < -0.39 is 45.4 Å². The Labute approximate surface area is 150 Å². The van der Waals surface area contributed by atoms with Crippen molar-refractivity contribution in [1.82, 2.24) is 0 Å². The van der Waals surface area contributed by atoms with Gasteiger partial charge in [-0.15, -0.1) is 0 Å². The average Bonchev–Trinajstić information content (AvgIpc) is 2.38. The molecule has 2 N–H and O–H groups in total. The van der Waals surface area contributed by atoms with Crippen molar-refractivity contribution >= 4 is 61.3 Å². The Morgan fingerprint density at radius 1 is 1.36 bits per heavy atom. The lowest BCUT2D eigenvalue weighted by Crippen LogP contribution is -2.41. The maximum Gasteiger partial charge on any atom is 0.403 e. The Hall–Kier alpha value is -0.350. The Morgan fingerprint density at radius 3 is 2.41 bits per heavy atom. The maximum atomic E-state index is 13.2. The first-order valence-corrected chi connectivity index (χ1v) is 8.81. The van der Waals surface area contributed by atoms with Gasteiger partial charge in [0.05, 0.1) is 3.57 Å². The number of carbonyl (C=O) groups excluding carboxylic acids is 1. The SMILES string of the molecule is O=C(OCC(F)C(F)(F)S(=O)(=O)O)c1cc(I)cc(I)c1O. The van der Waals surface area contributed by atoms with Crippen molar-refractivity contribution in [3.05, 3.63) is 24.8 Å². The molecule has 12 heteroatoms.